The maximum atomic E-state index is 5.49. The van der Waals surface area contributed by atoms with Crippen LogP contribution in [0.2, 0.25) is 0 Å². The first-order chi connectivity index (χ1) is 6.86. The predicted octanol–water partition coefficient (Wildman–Crippen LogP) is 3.25. The van der Waals surface area contributed by atoms with E-state index in [4.69, 9.17) is 9.47 Å². The summed E-state index contributed by atoms with van der Waals surface area (Å²) in [7, 11) is 0. The van der Waals surface area contributed by atoms with Crippen LogP contribution in [0, 0.1) is 0 Å². The van der Waals surface area contributed by atoms with E-state index < -0.39 is 0 Å². The maximum absolute atomic E-state index is 5.49. The number of ether oxygens (including phenoxy) is 2. The summed E-state index contributed by atoms with van der Waals surface area (Å²) in [5.74, 6) is 0.882. The first kappa shape index (κ1) is 11.5. The zero-order valence-corrected chi connectivity index (χ0v) is 10.1. The summed E-state index contributed by atoms with van der Waals surface area (Å²) >= 11 is 3.40. The average Bonchev–Trinajstić information content (AvgIpc) is 3.04. The molecule has 1 aliphatic rings. The number of rotatable bonds is 3. The minimum Gasteiger partial charge on any atom is -0.490 e. The molecule has 0 saturated carbocycles. The second-order valence-electron chi connectivity index (χ2n) is 2.70. The van der Waals surface area contributed by atoms with E-state index in [2.05, 4.69) is 15.9 Å². The highest BCUT2D eigenvalue weighted by atomic mass is 79.9. The van der Waals surface area contributed by atoms with Gasteiger partial charge in [-0.05, 0) is 28.1 Å². The summed E-state index contributed by atoms with van der Waals surface area (Å²) in [5, 5.41) is 0. The molecule has 1 aliphatic heterocycles. The van der Waals surface area contributed by atoms with Crippen molar-refractivity contribution < 1.29 is 9.47 Å². The summed E-state index contributed by atoms with van der Waals surface area (Å²) in [4.78, 5) is 0. The van der Waals surface area contributed by atoms with Crippen molar-refractivity contribution in [2.24, 2.45) is 0 Å². The van der Waals surface area contributed by atoms with Crippen molar-refractivity contribution in [3.63, 3.8) is 0 Å². The van der Waals surface area contributed by atoms with Gasteiger partial charge in [-0.2, -0.15) is 0 Å². The first-order valence-electron chi connectivity index (χ1n) is 4.85. The minimum absolute atomic E-state index is 0.317. The summed E-state index contributed by atoms with van der Waals surface area (Å²) in [6.45, 7) is 5.49. The van der Waals surface area contributed by atoms with Gasteiger partial charge >= 0.3 is 0 Å². The van der Waals surface area contributed by atoms with Crippen LogP contribution in [0.4, 0.5) is 0 Å². The summed E-state index contributed by atoms with van der Waals surface area (Å²) in [6, 6.07) is 7.81. The van der Waals surface area contributed by atoms with Gasteiger partial charge in [0.1, 0.15) is 18.5 Å². The number of hydrogen-bond acceptors (Lipinski definition) is 2. The molecule has 0 spiro atoms. The van der Waals surface area contributed by atoms with E-state index in [1.54, 1.807) is 0 Å². The normalized spacial score (nSPS) is 18.1. The van der Waals surface area contributed by atoms with Gasteiger partial charge in [0.25, 0.3) is 0 Å². The Morgan fingerprint density at radius 2 is 2.07 bits per heavy atom. The van der Waals surface area contributed by atoms with E-state index in [0.29, 0.717) is 12.7 Å². The Morgan fingerprint density at radius 1 is 1.43 bits per heavy atom. The highest BCUT2D eigenvalue weighted by molar-refractivity contribution is 9.10. The van der Waals surface area contributed by atoms with Crippen LogP contribution in [0.15, 0.2) is 28.7 Å². The Kier molecular flexibility index (Phi) is 4.98. The second kappa shape index (κ2) is 6.04. The molecular weight excluding hydrogens is 244 g/mol. The van der Waals surface area contributed by atoms with Crippen LogP contribution < -0.4 is 4.74 Å². The van der Waals surface area contributed by atoms with E-state index >= 15 is 0 Å². The third-order valence-corrected chi connectivity index (χ3v) is 2.32. The van der Waals surface area contributed by atoms with Crippen LogP contribution in [-0.4, -0.2) is 19.3 Å². The molecule has 3 heteroatoms. The Bertz CT molecular complexity index is 272. The molecule has 14 heavy (non-hydrogen) atoms. The molecule has 0 amide bonds. The zero-order chi connectivity index (χ0) is 10.4. The second-order valence-corrected chi connectivity index (χ2v) is 3.55. The molecule has 0 N–H and O–H groups in total. The highest BCUT2D eigenvalue weighted by Gasteiger charge is 2.23. The molecule has 1 aromatic carbocycles. The van der Waals surface area contributed by atoms with Crippen LogP contribution in [-0.2, 0) is 4.74 Å². The Balaban J connectivity index is 0.000000461. The minimum atomic E-state index is 0.317. The van der Waals surface area contributed by atoms with Crippen molar-refractivity contribution >= 4 is 15.9 Å². The van der Waals surface area contributed by atoms with Crippen LogP contribution >= 0.6 is 15.9 Å². The standard InChI is InChI=1S/C9H9BrO2.C2H6/c10-8-3-1-2-4-9(8)12-6-7-5-11-7;1-2/h1-4,7H,5-6H2;1-2H3. The number of halogens is 1. The SMILES string of the molecule is Brc1ccccc1OCC1CO1.CC. The van der Waals surface area contributed by atoms with Crippen molar-refractivity contribution in [2.45, 2.75) is 20.0 Å². The van der Waals surface area contributed by atoms with Gasteiger partial charge in [0, 0.05) is 0 Å². The van der Waals surface area contributed by atoms with Gasteiger partial charge in [0.2, 0.25) is 0 Å². The largest absolute Gasteiger partial charge is 0.490 e. The topological polar surface area (TPSA) is 21.8 Å². The van der Waals surface area contributed by atoms with E-state index in [9.17, 15) is 0 Å². The monoisotopic (exact) mass is 258 g/mol. The molecule has 0 aromatic heterocycles. The number of para-hydroxylation sites is 1. The van der Waals surface area contributed by atoms with Crippen LogP contribution in [0.1, 0.15) is 13.8 Å². The summed E-state index contributed by atoms with van der Waals surface area (Å²) < 4.78 is 11.5. The molecule has 0 aliphatic carbocycles. The zero-order valence-electron chi connectivity index (χ0n) is 8.50. The van der Waals surface area contributed by atoms with E-state index in [1.807, 2.05) is 38.1 Å². The summed E-state index contributed by atoms with van der Waals surface area (Å²) in [5.41, 5.74) is 0. The van der Waals surface area contributed by atoms with Gasteiger partial charge in [-0.1, -0.05) is 26.0 Å². The molecule has 78 valence electrons. The van der Waals surface area contributed by atoms with Crippen molar-refractivity contribution in [1.29, 1.82) is 0 Å². The van der Waals surface area contributed by atoms with Gasteiger partial charge in [-0.15, -0.1) is 0 Å². The Morgan fingerprint density at radius 3 is 2.64 bits per heavy atom. The lowest BCUT2D eigenvalue weighted by molar-refractivity contribution is 0.262. The molecule has 0 radical (unpaired) electrons. The van der Waals surface area contributed by atoms with Gasteiger partial charge in [0.05, 0.1) is 11.1 Å². The average molecular weight is 259 g/mol. The third-order valence-electron chi connectivity index (χ3n) is 1.66. The first-order valence-corrected chi connectivity index (χ1v) is 5.64. The van der Waals surface area contributed by atoms with Crippen LogP contribution in [0.5, 0.6) is 5.75 Å². The van der Waals surface area contributed by atoms with Gasteiger partial charge in [-0.25, -0.2) is 0 Å². The smallest absolute Gasteiger partial charge is 0.133 e. The van der Waals surface area contributed by atoms with E-state index in [0.717, 1.165) is 16.8 Å². The van der Waals surface area contributed by atoms with Crippen molar-refractivity contribution in [3.8, 4) is 5.75 Å². The molecule has 1 aromatic rings. The van der Waals surface area contributed by atoms with Gasteiger partial charge in [-0.3, -0.25) is 0 Å². The lowest BCUT2D eigenvalue weighted by atomic mass is 10.3. The Hall–Kier alpha value is -0.540. The molecule has 1 unspecified atom stereocenters. The number of hydrogen-bond donors (Lipinski definition) is 0. The van der Waals surface area contributed by atoms with Crippen molar-refractivity contribution in [1.82, 2.24) is 0 Å². The number of benzene rings is 1. The van der Waals surface area contributed by atoms with E-state index in [-0.39, 0.29) is 0 Å². The highest BCUT2D eigenvalue weighted by Crippen LogP contribution is 2.24. The van der Waals surface area contributed by atoms with Crippen LogP contribution in [0.3, 0.4) is 0 Å². The molecule has 1 saturated heterocycles. The lowest BCUT2D eigenvalue weighted by Crippen LogP contribution is -2.04. The lowest BCUT2D eigenvalue weighted by Gasteiger charge is -2.04. The quantitative estimate of drug-likeness (QED) is 0.777. The molecule has 2 rings (SSSR count). The fraction of sp³-hybridized carbons (Fsp3) is 0.455. The van der Waals surface area contributed by atoms with Crippen molar-refractivity contribution in [2.75, 3.05) is 13.2 Å². The third kappa shape index (κ3) is 3.68. The molecule has 2 nitrogen and oxygen atoms in total. The fourth-order valence-electron chi connectivity index (χ4n) is 0.909. The maximum Gasteiger partial charge on any atom is 0.133 e. The summed E-state index contributed by atoms with van der Waals surface area (Å²) in [6.07, 6.45) is 0.317. The molecule has 1 fully saturated rings. The molecule has 0 bridgehead atoms. The Labute approximate surface area is 93.4 Å². The fourth-order valence-corrected chi connectivity index (χ4v) is 1.31. The van der Waals surface area contributed by atoms with E-state index in [1.165, 1.54) is 0 Å². The van der Waals surface area contributed by atoms with Gasteiger partial charge < -0.3 is 9.47 Å². The molecular formula is C11H15BrO2. The molecule has 1 atom stereocenters. The number of epoxide rings is 1. The molecule has 1 heterocycles. The predicted molar refractivity (Wildman–Crippen MR) is 60.7 cm³/mol. The van der Waals surface area contributed by atoms with Gasteiger partial charge in [0.15, 0.2) is 0 Å². The van der Waals surface area contributed by atoms with Crippen molar-refractivity contribution in [3.05, 3.63) is 28.7 Å². The van der Waals surface area contributed by atoms with Crippen LogP contribution in [0.25, 0.3) is 0 Å².